The Kier molecular flexibility index (Phi) is 5.87. The van der Waals surface area contributed by atoms with Crippen molar-refractivity contribution in [2.75, 3.05) is 13.1 Å². The molecule has 154 valence electrons. The van der Waals surface area contributed by atoms with E-state index < -0.39 is 0 Å². The second-order valence-corrected chi connectivity index (χ2v) is 10.00. The maximum absolute atomic E-state index is 12.0. The van der Waals surface area contributed by atoms with Crippen molar-refractivity contribution in [3.8, 4) is 0 Å². The van der Waals surface area contributed by atoms with Crippen molar-refractivity contribution in [2.45, 2.75) is 96.4 Å². The third-order valence-corrected chi connectivity index (χ3v) is 7.91. The van der Waals surface area contributed by atoms with Gasteiger partial charge in [0.2, 0.25) is 0 Å². The zero-order valence-corrected chi connectivity index (χ0v) is 18.0. The van der Waals surface area contributed by atoms with Gasteiger partial charge in [0.1, 0.15) is 11.6 Å². The summed E-state index contributed by atoms with van der Waals surface area (Å²) in [5.41, 5.74) is 1.90. The number of aromatic nitrogens is 2. The van der Waals surface area contributed by atoms with E-state index in [0.29, 0.717) is 29.0 Å². The highest BCUT2D eigenvalue weighted by Gasteiger charge is 2.48. The monoisotopic (exact) mass is 383 g/mol. The molecule has 4 nitrogen and oxygen atoms in total. The Morgan fingerprint density at radius 3 is 2.25 bits per heavy atom. The van der Waals surface area contributed by atoms with Crippen molar-refractivity contribution in [1.82, 2.24) is 14.9 Å². The highest BCUT2D eigenvalue weighted by molar-refractivity contribution is 5.80. The second kappa shape index (κ2) is 8.22. The number of rotatable bonds is 5. The minimum atomic E-state index is 0.370. The third kappa shape index (κ3) is 4.03. The molecule has 1 aliphatic heterocycles. The summed E-state index contributed by atoms with van der Waals surface area (Å²) in [6.45, 7) is 8.74. The molecule has 0 radical (unpaired) electrons. The molecule has 4 rings (SSSR count). The molecule has 0 atom stereocenters. The van der Waals surface area contributed by atoms with Gasteiger partial charge in [-0.3, -0.25) is 4.79 Å². The first-order chi connectivity index (χ1) is 13.5. The fourth-order valence-electron chi connectivity index (χ4n) is 5.90. The molecule has 2 saturated carbocycles. The van der Waals surface area contributed by atoms with Crippen LogP contribution >= 0.6 is 0 Å². The van der Waals surface area contributed by atoms with Crippen LogP contribution in [0.25, 0.3) is 0 Å². The molecule has 0 unspecified atom stereocenters. The molecule has 2 aliphatic carbocycles. The Balaban J connectivity index is 1.23. The van der Waals surface area contributed by atoms with Crippen LogP contribution in [0.3, 0.4) is 0 Å². The summed E-state index contributed by atoms with van der Waals surface area (Å²) in [4.78, 5) is 23.9. The number of ketones is 1. The molecule has 28 heavy (non-hydrogen) atoms. The number of nitrogens with zero attached hydrogens (tertiary/aromatic N) is 3. The smallest absolute Gasteiger partial charge is 0.135 e. The molecule has 1 saturated heterocycles. The number of carbonyl (C=O) groups excluding carboxylic acids is 1. The van der Waals surface area contributed by atoms with Gasteiger partial charge < -0.3 is 4.90 Å². The standard InChI is InChI=1S/C24H37N3O/c1-4-22(28)19-5-9-24(10-6-19)13-21(14-24)27-11-7-18(8-12-27)20-15-25-23(17(2)3)26-16-20/h15-19,21H,4-14H2,1-3H3. The molecule has 2 heterocycles. The van der Waals surface area contributed by atoms with E-state index in [1.807, 2.05) is 6.92 Å². The van der Waals surface area contributed by atoms with E-state index in [0.717, 1.165) is 31.1 Å². The average molecular weight is 384 g/mol. The van der Waals surface area contributed by atoms with E-state index in [4.69, 9.17) is 0 Å². The normalized spacial score (nSPS) is 31.9. The van der Waals surface area contributed by atoms with Gasteiger partial charge in [-0.2, -0.15) is 0 Å². The molecule has 3 aliphatic rings. The molecule has 1 spiro atoms. The van der Waals surface area contributed by atoms with Crippen LogP contribution in [0, 0.1) is 11.3 Å². The van der Waals surface area contributed by atoms with E-state index in [9.17, 15) is 4.79 Å². The van der Waals surface area contributed by atoms with Crippen molar-refractivity contribution in [3.05, 3.63) is 23.8 Å². The molecular weight excluding hydrogens is 346 g/mol. The second-order valence-electron chi connectivity index (χ2n) is 10.00. The van der Waals surface area contributed by atoms with E-state index in [-0.39, 0.29) is 0 Å². The molecule has 4 heteroatoms. The van der Waals surface area contributed by atoms with Crippen molar-refractivity contribution in [1.29, 1.82) is 0 Å². The molecule has 0 aromatic carbocycles. The zero-order chi connectivity index (χ0) is 19.7. The minimum Gasteiger partial charge on any atom is -0.300 e. The molecule has 1 aromatic rings. The number of piperidine rings is 1. The van der Waals surface area contributed by atoms with Crippen LogP contribution in [0.4, 0.5) is 0 Å². The summed E-state index contributed by atoms with van der Waals surface area (Å²) in [7, 11) is 0. The molecule has 3 fully saturated rings. The van der Waals surface area contributed by atoms with E-state index >= 15 is 0 Å². The fraction of sp³-hybridized carbons (Fsp3) is 0.792. The van der Waals surface area contributed by atoms with Gasteiger partial charge >= 0.3 is 0 Å². The van der Waals surface area contributed by atoms with Gasteiger partial charge in [-0.15, -0.1) is 0 Å². The largest absolute Gasteiger partial charge is 0.300 e. The lowest BCUT2D eigenvalue weighted by Crippen LogP contribution is -2.54. The van der Waals surface area contributed by atoms with Gasteiger partial charge in [0.05, 0.1) is 0 Å². The highest BCUT2D eigenvalue weighted by Crippen LogP contribution is 2.55. The Hall–Kier alpha value is -1.29. The number of hydrogen-bond donors (Lipinski definition) is 0. The quantitative estimate of drug-likeness (QED) is 0.710. The summed E-state index contributed by atoms with van der Waals surface area (Å²) in [5.74, 6) is 2.85. The first kappa shape index (κ1) is 20.0. The lowest BCUT2D eigenvalue weighted by atomic mass is 9.56. The Labute approximate surface area is 170 Å². The number of carbonyl (C=O) groups is 1. The summed E-state index contributed by atoms with van der Waals surface area (Å²) in [5, 5.41) is 0. The van der Waals surface area contributed by atoms with E-state index in [1.165, 1.54) is 57.2 Å². The van der Waals surface area contributed by atoms with Gasteiger partial charge in [0.25, 0.3) is 0 Å². The summed E-state index contributed by atoms with van der Waals surface area (Å²) < 4.78 is 0. The third-order valence-electron chi connectivity index (χ3n) is 7.91. The van der Waals surface area contributed by atoms with Crippen LogP contribution in [0.2, 0.25) is 0 Å². The topological polar surface area (TPSA) is 46.1 Å². The van der Waals surface area contributed by atoms with Gasteiger partial charge in [-0.25, -0.2) is 9.97 Å². The molecule has 1 aromatic heterocycles. The van der Waals surface area contributed by atoms with Gasteiger partial charge in [0.15, 0.2) is 0 Å². The SMILES string of the molecule is CCC(=O)C1CCC2(CC1)CC(N1CCC(c3cnc(C(C)C)nc3)CC1)C2. The number of hydrogen-bond acceptors (Lipinski definition) is 4. The predicted octanol–water partition coefficient (Wildman–Crippen LogP) is 5.10. The van der Waals surface area contributed by atoms with Crippen molar-refractivity contribution >= 4 is 5.78 Å². The summed E-state index contributed by atoms with van der Waals surface area (Å²) >= 11 is 0. The highest BCUT2D eigenvalue weighted by atomic mass is 16.1. The van der Waals surface area contributed by atoms with Gasteiger partial charge in [-0.05, 0) is 81.4 Å². The average Bonchev–Trinajstić information content (AvgIpc) is 2.72. The number of Topliss-reactive ketones (excluding diaryl/α,β-unsaturated/α-hetero) is 1. The first-order valence-corrected chi connectivity index (χ1v) is 11.6. The van der Waals surface area contributed by atoms with E-state index in [1.54, 1.807) is 0 Å². The molecule has 0 amide bonds. The van der Waals surface area contributed by atoms with Crippen LogP contribution in [0.15, 0.2) is 12.4 Å². The first-order valence-electron chi connectivity index (χ1n) is 11.6. The van der Waals surface area contributed by atoms with E-state index in [2.05, 4.69) is 41.1 Å². The number of likely N-dealkylation sites (tertiary alicyclic amines) is 1. The summed E-state index contributed by atoms with van der Waals surface area (Å²) in [6.07, 6.45) is 14.9. The lowest BCUT2D eigenvalue weighted by molar-refractivity contribution is -0.125. The maximum Gasteiger partial charge on any atom is 0.135 e. The Morgan fingerprint density at radius 1 is 1.11 bits per heavy atom. The fourth-order valence-corrected chi connectivity index (χ4v) is 5.90. The Bertz CT molecular complexity index is 660. The van der Waals surface area contributed by atoms with Crippen molar-refractivity contribution < 1.29 is 4.79 Å². The van der Waals surface area contributed by atoms with Crippen LogP contribution in [0.1, 0.15) is 102 Å². The predicted molar refractivity (Wildman–Crippen MR) is 112 cm³/mol. The molecule has 0 N–H and O–H groups in total. The minimum absolute atomic E-state index is 0.370. The molecule has 0 bridgehead atoms. The van der Waals surface area contributed by atoms with Crippen LogP contribution in [0.5, 0.6) is 0 Å². The van der Waals surface area contributed by atoms with Crippen LogP contribution in [-0.4, -0.2) is 39.8 Å². The van der Waals surface area contributed by atoms with Gasteiger partial charge in [-0.1, -0.05) is 20.8 Å². The van der Waals surface area contributed by atoms with Crippen molar-refractivity contribution in [3.63, 3.8) is 0 Å². The Morgan fingerprint density at radius 2 is 1.71 bits per heavy atom. The van der Waals surface area contributed by atoms with Crippen LogP contribution < -0.4 is 0 Å². The van der Waals surface area contributed by atoms with Gasteiger partial charge in [0, 0.05) is 36.7 Å². The zero-order valence-electron chi connectivity index (χ0n) is 18.0. The van der Waals surface area contributed by atoms with Crippen molar-refractivity contribution in [2.24, 2.45) is 11.3 Å². The maximum atomic E-state index is 12.0. The molecular formula is C24H37N3O. The van der Waals surface area contributed by atoms with Crippen LogP contribution in [-0.2, 0) is 4.79 Å². The summed E-state index contributed by atoms with van der Waals surface area (Å²) in [6, 6.07) is 0.791. The lowest BCUT2D eigenvalue weighted by Gasteiger charge is -2.55.